The van der Waals surface area contributed by atoms with Crippen molar-refractivity contribution in [2.75, 3.05) is 13.2 Å². The summed E-state index contributed by atoms with van der Waals surface area (Å²) in [5.41, 5.74) is 0.751. The second-order valence-corrected chi connectivity index (χ2v) is 5.68. The van der Waals surface area contributed by atoms with Crippen LogP contribution in [0.25, 0.3) is 0 Å². The molecule has 1 aromatic heterocycles. The molecule has 8 heteroatoms. The molecule has 0 bridgehead atoms. The maximum absolute atomic E-state index is 12.2. The molecule has 0 saturated carbocycles. The number of furan rings is 1. The zero-order chi connectivity index (χ0) is 19.8. The van der Waals surface area contributed by atoms with Gasteiger partial charge in [0.2, 0.25) is 0 Å². The molecular weight excluding hydrogens is 352 g/mol. The van der Waals surface area contributed by atoms with Gasteiger partial charge in [-0.2, -0.15) is 0 Å². The third-order valence-corrected chi connectivity index (χ3v) is 3.68. The number of hydrogen-bond donors (Lipinski definition) is 3. The molecule has 1 heterocycles. The summed E-state index contributed by atoms with van der Waals surface area (Å²) in [6, 6.07) is 8.19. The number of ether oxygens (including phenoxy) is 1. The molecule has 0 unspecified atom stereocenters. The number of carbonyl (C=O) groups is 3. The highest BCUT2D eigenvalue weighted by Gasteiger charge is 2.19. The van der Waals surface area contributed by atoms with Crippen LogP contribution in [0.5, 0.6) is 5.75 Å². The van der Waals surface area contributed by atoms with E-state index in [9.17, 15) is 14.4 Å². The topological polar surface area (TPSA) is 118 Å². The van der Waals surface area contributed by atoms with Gasteiger partial charge in [-0.25, -0.2) is 4.79 Å². The summed E-state index contributed by atoms with van der Waals surface area (Å²) >= 11 is 0. The Labute approximate surface area is 156 Å². The van der Waals surface area contributed by atoms with Crippen molar-refractivity contribution >= 4 is 17.8 Å². The van der Waals surface area contributed by atoms with Crippen molar-refractivity contribution in [1.29, 1.82) is 0 Å². The minimum absolute atomic E-state index is 0.0107. The van der Waals surface area contributed by atoms with E-state index in [0.717, 1.165) is 5.56 Å². The number of carboxylic acids is 1. The number of benzene rings is 1. The molecule has 0 fully saturated rings. The number of likely N-dealkylation sites (N-methyl/N-ethyl adjacent to an activating group) is 1. The Kier molecular flexibility index (Phi) is 6.99. The number of aryl methyl sites for hydroxylation is 1. The number of nitrogens with one attached hydrogen (secondary N) is 2. The van der Waals surface area contributed by atoms with E-state index in [4.69, 9.17) is 14.3 Å². The number of hydrogen-bond acceptors (Lipinski definition) is 5. The normalized spacial score (nSPS) is 10.3. The van der Waals surface area contributed by atoms with Gasteiger partial charge in [-0.05, 0) is 24.6 Å². The summed E-state index contributed by atoms with van der Waals surface area (Å²) in [6.45, 7) is 4.21. The molecule has 2 amide bonds. The molecular formula is C19H22N2O6. The zero-order valence-corrected chi connectivity index (χ0v) is 15.2. The highest BCUT2D eigenvalue weighted by Crippen LogP contribution is 2.17. The van der Waals surface area contributed by atoms with Crippen molar-refractivity contribution < 1.29 is 28.6 Å². The molecule has 0 radical (unpaired) electrons. The quantitative estimate of drug-likeness (QED) is 0.618. The first-order chi connectivity index (χ1) is 12.9. The minimum atomic E-state index is -1.13. The largest absolute Gasteiger partial charge is 0.484 e. The number of rotatable bonds is 9. The van der Waals surface area contributed by atoms with Gasteiger partial charge in [-0.3, -0.25) is 9.59 Å². The molecule has 2 rings (SSSR count). The fraction of sp³-hybridized carbons (Fsp3) is 0.316. The number of carboxylic acid groups (broad SMARTS) is 1. The molecule has 0 atom stereocenters. The van der Waals surface area contributed by atoms with Crippen molar-refractivity contribution in [3.8, 4) is 5.75 Å². The van der Waals surface area contributed by atoms with Crippen LogP contribution in [0.1, 0.15) is 46.1 Å². The maximum Gasteiger partial charge on any atom is 0.339 e. The first kappa shape index (κ1) is 20.0. The lowest BCUT2D eigenvalue weighted by Gasteiger charge is -2.08. The van der Waals surface area contributed by atoms with Crippen molar-refractivity contribution in [2.24, 2.45) is 0 Å². The van der Waals surface area contributed by atoms with E-state index >= 15 is 0 Å². The number of amides is 2. The number of aromatic carboxylic acids is 1. The summed E-state index contributed by atoms with van der Waals surface area (Å²) in [4.78, 5) is 34.8. The van der Waals surface area contributed by atoms with Gasteiger partial charge < -0.3 is 24.9 Å². The minimum Gasteiger partial charge on any atom is -0.484 e. The highest BCUT2D eigenvalue weighted by atomic mass is 16.5. The Morgan fingerprint density at radius 1 is 1.15 bits per heavy atom. The van der Waals surface area contributed by atoms with E-state index in [1.165, 1.54) is 6.07 Å². The van der Waals surface area contributed by atoms with Gasteiger partial charge in [0.25, 0.3) is 11.8 Å². The summed E-state index contributed by atoms with van der Waals surface area (Å²) in [5, 5.41) is 14.4. The smallest absolute Gasteiger partial charge is 0.339 e. The van der Waals surface area contributed by atoms with E-state index in [2.05, 4.69) is 10.6 Å². The van der Waals surface area contributed by atoms with Gasteiger partial charge in [-0.1, -0.05) is 19.1 Å². The summed E-state index contributed by atoms with van der Waals surface area (Å²) in [7, 11) is 0. The summed E-state index contributed by atoms with van der Waals surface area (Å²) in [5.74, 6) is -1.14. The van der Waals surface area contributed by atoms with E-state index in [0.29, 0.717) is 18.7 Å². The van der Waals surface area contributed by atoms with Crippen LogP contribution < -0.4 is 15.4 Å². The number of carbonyl (C=O) groups excluding carboxylic acids is 2. The van der Waals surface area contributed by atoms with Crippen LogP contribution in [0.2, 0.25) is 0 Å². The summed E-state index contributed by atoms with van der Waals surface area (Å²) < 4.78 is 10.7. The maximum atomic E-state index is 12.2. The highest BCUT2D eigenvalue weighted by molar-refractivity contribution is 5.96. The van der Waals surface area contributed by atoms with Crippen LogP contribution in [0, 0.1) is 0 Å². The molecule has 2 aromatic rings. The molecule has 27 heavy (non-hydrogen) atoms. The van der Waals surface area contributed by atoms with Crippen LogP contribution in [0.3, 0.4) is 0 Å². The Morgan fingerprint density at radius 3 is 2.56 bits per heavy atom. The van der Waals surface area contributed by atoms with Crippen LogP contribution in [0.4, 0.5) is 0 Å². The lowest BCUT2D eigenvalue weighted by atomic mass is 10.2. The fourth-order valence-corrected chi connectivity index (χ4v) is 2.40. The fourth-order valence-electron chi connectivity index (χ4n) is 2.40. The Bertz CT molecular complexity index is 827. The van der Waals surface area contributed by atoms with Gasteiger partial charge in [0.1, 0.15) is 17.1 Å². The first-order valence-electron chi connectivity index (χ1n) is 8.57. The molecule has 0 aliphatic rings. The van der Waals surface area contributed by atoms with Crippen molar-refractivity contribution in [1.82, 2.24) is 10.6 Å². The lowest BCUT2D eigenvalue weighted by molar-refractivity contribution is -0.122. The predicted molar refractivity (Wildman–Crippen MR) is 96.8 cm³/mol. The van der Waals surface area contributed by atoms with Gasteiger partial charge in [0.05, 0.1) is 0 Å². The van der Waals surface area contributed by atoms with Gasteiger partial charge in [0.15, 0.2) is 12.4 Å². The van der Waals surface area contributed by atoms with E-state index in [1.807, 2.05) is 6.92 Å². The lowest BCUT2D eigenvalue weighted by Crippen LogP contribution is -2.28. The molecule has 0 spiro atoms. The standard InChI is InChI=1S/C19H22N2O6/c1-3-15-14(19(24)25)9-16(27-15)18(23)21-10-12-6-5-7-13(8-12)26-11-17(22)20-4-2/h5-9H,3-4,10-11H2,1-2H3,(H,20,22)(H,21,23)(H,24,25). The summed E-state index contributed by atoms with van der Waals surface area (Å²) in [6.07, 6.45) is 0.375. The third-order valence-electron chi connectivity index (χ3n) is 3.68. The molecule has 3 N–H and O–H groups in total. The average Bonchev–Trinajstić information content (AvgIpc) is 3.10. The SMILES string of the molecule is CCNC(=O)COc1cccc(CNC(=O)c2cc(C(=O)O)c(CC)o2)c1. The molecule has 144 valence electrons. The predicted octanol–water partition coefficient (Wildman–Crippen LogP) is 1.99. The van der Waals surface area contributed by atoms with Gasteiger partial charge in [-0.15, -0.1) is 0 Å². The Hall–Kier alpha value is -3.29. The van der Waals surface area contributed by atoms with Crippen LogP contribution in [-0.4, -0.2) is 36.0 Å². The Morgan fingerprint density at radius 2 is 1.93 bits per heavy atom. The van der Waals surface area contributed by atoms with Crippen molar-refractivity contribution in [2.45, 2.75) is 26.8 Å². The Balaban J connectivity index is 1.96. The van der Waals surface area contributed by atoms with Crippen molar-refractivity contribution in [3.05, 3.63) is 53.0 Å². The average molecular weight is 374 g/mol. The van der Waals surface area contributed by atoms with Crippen LogP contribution in [0.15, 0.2) is 34.7 Å². The molecule has 8 nitrogen and oxygen atoms in total. The van der Waals surface area contributed by atoms with Gasteiger partial charge in [0, 0.05) is 25.6 Å². The van der Waals surface area contributed by atoms with E-state index in [1.54, 1.807) is 31.2 Å². The monoisotopic (exact) mass is 374 g/mol. The van der Waals surface area contributed by atoms with E-state index in [-0.39, 0.29) is 36.1 Å². The second kappa shape index (κ2) is 9.42. The second-order valence-electron chi connectivity index (χ2n) is 5.68. The van der Waals surface area contributed by atoms with Crippen LogP contribution >= 0.6 is 0 Å². The molecule has 0 aliphatic heterocycles. The van der Waals surface area contributed by atoms with E-state index < -0.39 is 11.9 Å². The molecule has 0 aliphatic carbocycles. The third kappa shape index (κ3) is 5.60. The molecule has 1 aromatic carbocycles. The first-order valence-corrected chi connectivity index (χ1v) is 8.57. The van der Waals surface area contributed by atoms with Crippen LogP contribution in [-0.2, 0) is 17.8 Å². The van der Waals surface area contributed by atoms with Crippen molar-refractivity contribution in [3.63, 3.8) is 0 Å². The zero-order valence-electron chi connectivity index (χ0n) is 15.2. The molecule has 0 saturated heterocycles. The van der Waals surface area contributed by atoms with Gasteiger partial charge >= 0.3 is 5.97 Å².